The number of carbonyl (C=O) groups excluding carboxylic acids is 1. The molecular weight excluding hydrogens is 423 g/mol. The van der Waals surface area contributed by atoms with Gasteiger partial charge in [-0.3, -0.25) is 14.2 Å². The van der Waals surface area contributed by atoms with Crippen LogP contribution in [-0.4, -0.2) is 15.3 Å². The lowest BCUT2D eigenvalue weighted by Crippen LogP contribution is -2.28. The third-order valence-electron chi connectivity index (χ3n) is 2.65. The first-order chi connectivity index (χ1) is 8.99. The molecule has 1 aromatic carbocycles. The molecule has 0 saturated carbocycles. The van der Waals surface area contributed by atoms with E-state index in [9.17, 15) is 9.59 Å². The van der Waals surface area contributed by atoms with Crippen molar-refractivity contribution < 1.29 is 4.79 Å². The van der Waals surface area contributed by atoms with Crippen molar-refractivity contribution in [2.75, 3.05) is 0 Å². The Morgan fingerprint density at radius 3 is 2.89 bits per heavy atom. The van der Waals surface area contributed by atoms with E-state index in [1.165, 1.54) is 10.8 Å². The van der Waals surface area contributed by atoms with Crippen molar-refractivity contribution in [1.82, 2.24) is 9.55 Å². The maximum atomic E-state index is 12.2. The summed E-state index contributed by atoms with van der Waals surface area (Å²) in [6, 6.07) is 7.11. The van der Waals surface area contributed by atoms with Gasteiger partial charge < -0.3 is 0 Å². The van der Waals surface area contributed by atoms with Gasteiger partial charge in [-0.25, -0.2) is 4.98 Å². The zero-order chi connectivity index (χ0) is 14.0. The molecule has 4 nitrogen and oxygen atoms in total. The first-order valence-electron chi connectivity index (χ1n) is 5.50. The van der Waals surface area contributed by atoms with E-state index in [2.05, 4.69) is 20.9 Å². The summed E-state index contributed by atoms with van der Waals surface area (Å²) in [5.41, 5.74) is 0.385. The number of benzene rings is 1. The SMILES string of the molecule is Cc1ncc(I)c(=O)n1CC(=O)c1cccc(Br)c1. The lowest BCUT2D eigenvalue weighted by atomic mass is 10.1. The topological polar surface area (TPSA) is 52.0 Å². The molecule has 0 N–H and O–H groups in total. The van der Waals surface area contributed by atoms with Crippen LogP contribution >= 0.6 is 38.5 Å². The highest BCUT2D eigenvalue weighted by Gasteiger charge is 2.12. The standard InChI is InChI=1S/C13H10BrIN2O2/c1-8-16-6-11(15)13(19)17(8)7-12(18)9-3-2-4-10(14)5-9/h2-6H,7H2,1H3. The number of aryl methyl sites for hydroxylation is 1. The van der Waals surface area contributed by atoms with Crippen LogP contribution in [0.5, 0.6) is 0 Å². The Morgan fingerprint density at radius 1 is 1.47 bits per heavy atom. The van der Waals surface area contributed by atoms with Gasteiger partial charge >= 0.3 is 0 Å². The Hall–Kier alpha value is -1.02. The quantitative estimate of drug-likeness (QED) is 0.553. The maximum Gasteiger partial charge on any atom is 0.267 e. The summed E-state index contributed by atoms with van der Waals surface area (Å²) in [5.74, 6) is 0.420. The third kappa shape index (κ3) is 3.30. The number of nitrogens with zero attached hydrogens (tertiary/aromatic N) is 2. The lowest BCUT2D eigenvalue weighted by molar-refractivity contribution is 0.0969. The summed E-state index contributed by atoms with van der Waals surface area (Å²) in [5, 5.41) is 0. The van der Waals surface area contributed by atoms with Gasteiger partial charge in [-0.2, -0.15) is 0 Å². The summed E-state index contributed by atoms with van der Waals surface area (Å²) in [6.45, 7) is 1.72. The van der Waals surface area contributed by atoms with Crippen LogP contribution in [0.4, 0.5) is 0 Å². The Bertz CT molecular complexity index is 697. The second-order valence-corrected chi connectivity index (χ2v) is 6.06. The molecule has 1 heterocycles. The predicted molar refractivity (Wildman–Crippen MR) is 84.4 cm³/mol. The largest absolute Gasteiger partial charge is 0.292 e. The summed E-state index contributed by atoms with van der Waals surface area (Å²) < 4.78 is 2.73. The van der Waals surface area contributed by atoms with Crippen molar-refractivity contribution >= 4 is 44.3 Å². The third-order valence-corrected chi connectivity index (χ3v) is 3.89. The molecule has 0 aliphatic rings. The zero-order valence-corrected chi connectivity index (χ0v) is 13.8. The van der Waals surface area contributed by atoms with Gasteiger partial charge in [-0.15, -0.1) is 0 Å². The molecule has 2 rings (SSSR count). The van der Waals surface area contributed by atoms with Crippen LogP contribution in [0.1, 0.15) is 16.2 Å². The molecule has 0 radical (unpaired) electrons. The van der Waals surface area contributed by atoms with E-state index in [-0.39, 0.29) is 17.9 Å². The summed E-state index contributed by atoms with van der Waals surface area (Å²) >= 11 is 5.24. The van der Waals surface area contributed by atoms with E-state index in [0.717, 1.165) is 4.47 Å². The summed E-state index contributed by atoms with van der Waals surface area (Å²) in [7, 11) is 0. The molecule has 0 atom stereocenters. The van der Waals surface area contributed by atoms with Crippen molar-refractivity contribution in [2.24, 2.45) is 0 Å². The van der Waals surface area contributed by atoms with Crippen molar-refractivity contribution in [1.29, 1.82) is 0 Å². The number of hydrogen-bond donors (Lipinski definition) is 0. The van der Waals surface area contributed by atoms with Gasteiger partial charge in [0.1, 0.15) is 5.82 Å². The number of rotatable bonds is 3. The van der Waals surface area contributed by atoms with Gasteiger partial charge in [0.05, 0.1) is 10.1 Å². The van der Waals surface area contributed by atoms with Crippen LogP contribution < -0.4 is 5.56 Å². The smallest absolute Gasteiger partial charge is 0.267 e. The number of carbonyl (C=O) groups is 1. The number of halogens is 2. The van der Waals surface area contributed by atoms with E-state index in [1.807, 2.05) is 28.7 Å². The summed E-state index contributed by atoms with van der Waals surface area (Å²) in [4.78, 5) is 28.2. The number of hydrogen-bond acceptors (Lipinski definition) is 3. The second kappa shape index (κ2) is 5.96. The molecule has 1 aromatic heterocycles. The highest BCUT2D eigenvalue weighted by Crippen LogP contribution is 2.12. The normalized spacial score (nSPS) is 10.5. The van der Waals surface area contributed by atoms with Gasteiger partial charge in [0.15, 0.2) is 5.78 Å². The van der Waals surface area contributed by atoms with Crippen molar-refractivity contribution in [3.05, 3.63) is 60.2 Å². The van der Waals surface area contributed by atoms with Crippen molar-refractivity contribution in [2.45, 2.75) is 13.5 Å². The number of aromatic nitrogens is 2. The average Bonchev–Trinajstić information content (AvgIpc) is 2.39. The molecule has 0 amide bonds. The van der Waals surface area contributed by atoms with E-state index in [0.29, 0.717) is 15.0 Å². The summed E-state index contributed by atoms with van der Waals surface area (Å²) in [6.07, 6.45) is 1.51. The molecule has 19 heavy (non-hydrogen) atoms. The zero-order valence-electron chi connectivity index (χ0n) is 10.1. The van der Waals surface area contributed by atoms with Crippen molar-refractivity contribution in [3.63, 3.8) is 0 Å². The lowest BCUT2D eigenvalue weighted by Gasteiger charge is -2.08. The van der Waals surface area contributed by atoms with E-state index in [4.69, 9.17) is 0 Å². The van der Waals surface area contributed by atoms with Gasteiger partial charge in [0.2, 0.25) is 0 Å². The molecule has 0 aliphatic heterocycles. The highest BCUT2D eigenvalue weighted by atomic mass is 127. The van der Waals surface area contributed by atoms with E-state index >= 15 is 0 Å². The predicted octanol–water partition coefficient (Wildman–Crippen LogP) is 2.80. The Morgan fingerprint density at radius 2 is 2.21 bits per heavy atom. The monoisotopic (exact) mass is 432 g/mol. The van der Waals surface area contributed by atoms with Crippen LogP contribution in [0.2, 0.25) is 0 Å². The Labute approximate surface area is 132 Å². The van der Waals surface area contributed by atoms with E-state index < -0.39 is 0 Å². The van der Waals surface area contributed by atoms with Gasteiger partial charge in [0.25, 0.3) is 5.56 Å². The molecule has 6 heteroatoms. The van der Waals surface area contributed by atoms with Crippen molar-refractivity contribution in [3.8, 4) is 0 Å². The van der Waals surface area contributed by atoms with Crippen LogP contribution in [0.25, 0.3) is 0 Å². The fraction of sp³-hybridized carbons (Fsp3) is 0.154. The molecule has 98 valence electrons. The highest BCUT2D eigenvalue weighted by molar-refractivity contribution is 14.1. The molecule has 0 aliphatic carbocycles. The Kier molecular flexibility index (Phi) is 4.51. The molecule has 0 bridgehead atoms. The first kappa shape index (κ1) is 14.4. The molecule has 0 saturated heterocycles. The van der Waals surface area contributed by atoms with Gasteiger partial charge in [-0.05, 0) is 41.6 Å². The number of Topliss-reactive ketones (excluding diaryl/α,β-unsaturated/α-hetero) is 1. The van der Waals surface area contributed by atoms with Crippen LogP contribution in [-0.2, 0) is 6.54 Å². The average molecular weight is 433 g/mol. The molecular formula is C13H10BrIN2O2. The van der Waals surface area contributed by atoms with Gasteiger partial charge in [-0.1, -0.05) is 28.1 Å². The molecule has 0 fully saturated rings. The Balaban J connectivity index is 2.35. The van der Waals surface area contributed by atoms with Gasteiger partial charge in [0, 0.05) is 16.2 Å². The fourth-order valence-corrected chi connectivity index (χ4v) is 2.46. The minimum atomic E-state index is -0.184. The number of ketones is 1. The molecule has 0 spiro atoms. The molecule has 2 aromatic rings. The molecule has 0 unspecified atom stereocenters. The van der Waals surface area contributed by atoms with Crippen LogP contribution in [0.15, 0.2) is 39.7 Å². The van der Waals surface area contributed by atoms with Crippen LogP contribution in [0.3, 0.4) is 0 Å². The minimum Gasteiger partial charge on any atom is -0.292 e. The first-order valence-corrected chi connectivity index (χ1v) is 7.37. The second-order valence-electron chi connectivity index (χ2n) is 3.98. The fourth-order valence-electron chi connectivity index (χ4n) is 1.63. The maximum absolute atomic E-state index is 12.2. The minimum absolute atomic E-state index is 0.00492. The van der Waals surface area contributed by atoms with Crippen LogP contribution in [0, 0.1) is 10.5 Å². The van der Waals surface area contributed by atoms with E-state index in [1.54, 1.807) is 25.1 Å².